The summed E-state index contributed by atoms with van der Waals surface area (Å²) in [4.78, 5) is 4.03. The van der Waals surface area contributed by atoms with Gasteiger partial charge in [0, 0.05) is 23.6 Å². The molecule has 4 nitrogen and oxygen atoms in total. The number of rotatable bonds is 3. The molecular weight excluding hydrogens is 272 g/mol. The van der Waals surface area contributed by atoms with Crippen LogP contribution in [0.15, 0.2) is 48.8 Å². The van der Waals surface area contributed by atoms with Crippen LogP contribution >= 0.6 is 11.6 Å². The van der Waals surface area contributed by atoms with Crippen molar-refractivity contribution in [1.82, 2.24) is 19.7 Å². The molecule has 0 aliphatic carbocycles. The summed E-state index contributed by atoms with van der Waals surface area (Å²) in [6.45, 7) is 2.06. The summed E-state index contributed by atoms with van der Waals surface area (Å²) >= 11 is 5.99. The molecule has 1 aromatic carbocycles. The number of pyridine rings is 1. The Hall–Kier alpha value is -2.20. The van der Waals surface area contributed by atoms with Crippen LogP contribution in [0.3, 0.4) is 0 Å². The fourth-order valence-corrected chi connectivity index (χ4v) is 2.30. The zero-order valence-corrected chi connectivity index (χ0v) is 11.7. The van der Waals surface area contributed by atoms with Crippen molar-refractivity contribution in [1.29, 1.82) is 0 Å². The van der Waals surface area contributed by atoms with Crippen LogP contribution in [-0.4, -0.2) is 19.7 Å². The smallest absolute Gasteiger partial charge is 0.168 e. The first-order chi connectivity index (χ1) is 9.79. The minimum Gasteiger partial charge on any atom is -0.278 e. The summed E-state index contributed by atoms with van der Waals surface area (Å²) in [5, 5.41) is 8.44. The van der Waals surface area contributed by atoms with E-state index in [9.17, 15) is 0 Å². The highest BCUT2D eigenvalue weighted by Crippen LogP contribution is 2.23. The summed E-state index contributed by atoms with van der Waals surface area (Å²) in [6, 6.07) is 12.0. The topological polar surface area (TPSA) is 43.6 Å². The molecule has 20 heavy (non-hydrogen) atoms. The standard InChI is InChI=1S/C15H13ClN4/c1-11-3-2-4-13(9-11)20-14(10-16)18-19-15(20)12-5-7-17-8-6-12/h2-9H,10H2,1H3. The molecule has 2 aromatic heterocycles. The zero-order chi connectivity index (χ0) is 13.9. The minimum atomic E-state index is 0.312. The van der Waals surface area contributed by atoms with Gasteiger partial charge in [-0.15, -0.1) is 21.8 Å². The van der Waals surface area contributed by atoms with Crippen molar-refractivity contribution in [2.45, 2.75) is 12.8 Å². The van der Waals surface area contributed by atoms with E-state index in [4.69, 9.17) is 11.6 Å². The van der Waals surface area contributed by atoms with Crippen molar-refractivity contribution >= 4 is 11.6 Å². The number of nitrogens with zero attached hydrogens (tertiary/aromatic N) is 4. The van der Waals surface area contributed by atoms with Crippen LogP contribution in [0.4, 0.5) is 0 Å². The Labute approximate surface area is 122 Å². The largest absolute Gasteiger partial charge is 0.278 e. The normalized spacial score (nSPS) is 10.7. The summed E-state index contributed by atoms with van der Waals surface area (Å²) in [5.74, 6) is 1.81. The maximum absolute atomic E-state index is 5.99. The third kappa shape index (κ3) is 2.30. The first-order valence-electron chi connectivity index (χ1n) is 6.27. The number of aromatic nitrogens is 4. The predicted octanol–water partition coefficient (Wildman–Crippen LogP) is 3.38. The zero-order valence-electron chi connectivity index (χ0n) is 11.0. The molecule has 0 aliphatic rings. The van der Waals surface area contributed by atoms with Gasteiger partial charge in [0.2, 0.25) is 0 Å². The SMILES string of the molecule is Cc1cccc(-n2c(CCl)nnc2-c2ccncc2)c1. The molecule has 100 valence electrons. The van der Waals surface area contributed by atoms with Crippen molar-refractivity contribution in [2.24, 2.45) is 0 Å². The molecule has 0 unspecified atom stereocenters. The van der Waals surface area contributed by atoms with E-state index < -0.39 is 0 Å². The molecule has 0 spiro atoms. The van der Waals surface area contributed by atoms with E-state index in [2.05, 4.69) is 34.2 Å². The monoisotopic (exact) mass is 284 g/mol. The lowest BCUT2D eigenvalue weighted by molar-refractivity contribution is 0.952. The Bertz CT molecular complexity index is 722. The summed E-state index contributed by atoms with van der Waals surface area (Å²) in [6.07, 6.45) is 3.48. The fourth-order valence-electron chi connectivity index (χ4n) is 2.13. The second-order valence-corrected chi connectivity index (χ2v) is 4.75. The lowest BCUT2D eigenvalue weighted by Gasteiger charge is -2.10. The third-order valence-corrected chi connectivity index (χ3v) is 3.29. The van der Waals surface area contributed by atoms with Gasteiger partial charge in [-0.25, -0.2) is 0 Å². The van der Waals surface area contributed by atoms with Crippen molar-refractivity contribution in [2.75, 3.05) is 0 Å². The lowest BCUT2D eigenvalue weighted by atomic mass is 10.2. The first-order valence-corrected chi connectivity index (χ1v) is 6.81. The van der Waals surface area contributed by atoms with Gasteiger partial charge < -0.3 is 0 Å². The molecule has 2 heterocycles. The predicted molar refractivity (Wildman–Crippen MR) is 78.9 cm³/mol. The summed E-state index contributed by atoms with van der Waals surface area (Å²) < 4.78 is 1.98. The first kappa shape index (κ1) is 12.8. The van der Waals surface area contributed by atoms with Gasteiger partial charge in [-0.05, 0) is 36.8 Å². The van der Waals surface area contributed by atoms with Gasteiger partial charge in [-0.1, -0.05) is 12.1 Å². The molecule has 0 fully saturated rings. The van der Waals surface area contributed by atoms with E-state index in [0.717, 1.165) is 22.9 Å². The minimum absolute atomic E-state index is 0.312. The van der Waals surface area contributed by atoms with Crippen LogP contribution in [0.25, 0.3) is 17.1 Å². The molecule has 0 bridgehead atoms. The van der Waals surface area contributed by atoms with Crippen LogP contribution in [0.1, 0.15) is 11.4 Å². The molecular formula is C15H13ClN4. The van der Waals surface area contributed by atoms with Crippen LogP contribution in [0.2, 0.25) is 0 Å². The maximum atomic E-state index is 5.99. The summed E-state index contributed by atoms with van der Waals surface area (Å²) in [7, 11) is 0. The van der Waals surface area contributed by atoms with Crippen molar-refractivity contribution in [3.63, 3.8) is 0 Å². The van der Waals surface area contributed by atoms with Gasteiger partial charge in [0.15, 0.2) is 11.6 Å². The van der Waals surface area contributed by atoms with Gasteiger partial charge in [0.05, 0.1) is 5.88 Å². The van der Waals surface area contributed by atoms with E-state index in [1.807, 2.05) is 28.8 Å². The molecule has 3 aromatic rings. The van der Waals surface area contributed by atoms with Gasteiger partial charge >= 0.3 is 0 Å². The highest BCUT2D eigenvalue weighted by Gasteiger charge is 2.14. The number of aryl methyl sites for hydroxylation is 1. The van der Waals surface area contributed by atoms with E-state index >= 15 is 0 Å². The summed E-state index contributed by atoms with van der Waals surface area (Å²) in [5.41, 5.74) is 3.15. The molecule has 0 amide bonds. The number of hydrogen-bond donors (Lipinski definition) is 0. The van der Waals surface area contributed by atoms with Crippen LogP contribution < -0.4 is 0 Å². The Balaban J connectivity index is 2.21. The van der Waals surface area contributed by atoms with Crippen molar-refractivity contribution in [3.05, 3.63) is 60.2 Å². The van der Waals surface area contributed by atoms with E-state index in [0.29, 0.717) is 5.88 Å². The second-order valence-electron chi connectivity index (χ2n) is 4.48. The molecule has 5 heteroatoms. The fraction of sp³-hybridized carbons (Fsp3) is 0.133. The number of benzene rings is 1. The van der Waals surface area contributed by atoms with Gasteiger partial charge in [0.1, 0.15) is 0 Å². The molecule has 3 rings (SSSR count). The van der Waals surface area contributed by atoms with Gasteiger partial charge in [0.25, 0.3) is 0 Å². The van der Waals surface area contributed by atoms with Crippen molar-refractivity contribution < 1.29 is 0 Å². The number of halogens is 1. The average Bonchev–Trinajstić information content (AvgIpc) is 2.92. The second kappa shape index (κ2) is 5.43. The molecule has 0 atom stereocenters. The molecule has 0 saturated carbocycles. The van der Waals surface area contributed by atoms with E-state index in [1.54, 1.807) is 12.4 Å². The van der Waals surface area contributed by atoms with Crippen LogP contribution in [-0.2, 0) is 5.88 Å². The highest BCUT2D eigenvalue weighted by atomic mass is 35.5. The van der Waals surface area contributed by atoms with Crippen molar-refractivity contribution in [3.8, 4) is 17.1 Å². The average molecular weight is 285 g/mol. The Morgan fingerprint density at radius 3 is 2.60 bits per heavy atom. The Morgan fingerprint density at radius 2 is 1.90 bits per heavy atom. The Kier molecular flexibility index (Phi) is 3.48. The number of alkyl halides is 1. The number of hydrogen-bond acceptors (Lipinski definition) is 3. The van der Waals surface area contributed by atoms with Crippen LogP contribution in [0.5, 0.6) is 0 Å². The third-order valence-electron chi connectivity index (χ3n) is 3.05. The van der Waals surface area contributed by atoms with Crippen LogP contribution in [0, 0.1) is 6.92 Å². The van der Waals surface area contributed by atoms with E-state index in [1.165, 1.54) is 5.56 Å². The molecule has 0 N–H and O–H groups in total. The van der Waals surface area contributed by atoms with Gasteiger partial charge in [-0.2, -0.15) is 0 Å². The molecule has 0 radical (unpaired) electrons. The molecule has 0 saturated heterocycles. The molecule has 0 aliphatic heterocycles. The maximum Gasteiger partial charge on any atom is 0.168 e. The lowest BCUT2D eigenvalue weighted by Crippen LogP contribution is -2.02. The quantitative estimate of drug-likeness (QED) is 0.693. The van der Waals surface area contributed by atoms with E-state index in [-0.39, 0.29) is 0 Å². The van der Waals surface area contributed by atoms with Gasteiger partial charge in [-0.3, -0.25) is 9.55 Å². The Morgan fingerprint density at radius 1 is 1.10 bits per heavy atom. The highest BCUT2D eigenvalue weighted by molar-refractivity contribution is 6.16.